The Labute approximate surface area is 203 Å². The number of alkyl halides is 3. The molecule has 4 aromatic rings. The van der Waals surface area contributed by atoms with Crippen LogP contribution in [0.1, 0.15) is 42.1 Å². The highest BCUT2D eigenvalue weighted by atomic mass is 19.4. The van der Waals surface area contributed by atoms with Crippen LogP contribution in [0.2, 0.25) is 0 Å². The summed E-state index contributed by atoms with van der Waals surface area (Å²) >= 11 is 0. The lowest BCUT2D eigenvalue weighted by Gasteiger charge is -2.21. The Morgan fingerprint density at radius 1 is 1.03 bits per heavy atom. The standard InChI is InChI=1S/C28H27F3N4/c1-18(2)22-6-4-5-7-23(22)24-14-25-21(15-32-24)12-13-35(25)16-19-8-10-20(11-9-19)27-33-26(17-34(27)3)28(29,30)31/h4-11,14-15,17-18H,12-13,16H2,1-3H3. The van der Waals surface area contributed by atoms with Crippen molar-refractivity contribution >= 4 is 5.69 Å². The Morgan fingerprint density at radius 2 is 1.77 bits per heavy atom. The summed E-state index contributed by atoms with van der Waals surface area (Å²) in [6.07, 6.45) is -0.500. The molecule has 0 fully saturated rings. The Bertz CT molecular complexity index is 1350. The second-order valence-electron chi connectivity index (χ2n) is 9.37. The van der Waals surface area contributed by atoms with Gasteiger partial charge in [0, 0.05) is 49.3 Å². The first-order valence-corrected chi connectivity index (χ1v) is 11.7. The number of hydrogen-bond donors (Lipinski definition) is 0. The topological polar surface area (TPSA) is 34.0 Å². The average molecular weight is 477 g/mol. The molecule has 0 amide bonds. The maximum Gasteiger partial charge on any atom is 0.434 e. The van der Waals surface area contributed by atoms with Crippen molar-refractivity contribution in [3.05, 3.63) is 89.4 Å². The summed E-state index contributed by atoms with van der Waals surface area (Å²) in [6.45, 7) is 6.01. The highest BCUT2D eigenvalue weighted by Gasteiger charge is 2.34. The van der Waals surface area contributed by atoms with Crippen molar-refractivity contribution in [1.29, 1.82) is 0 Å². The highest BCUT2D eigenvalue weighted by molar-refractivity contribution is 5.71. The molecule has 5 rings (SSSR count). The van der Waals surface area contributed by atoms with Crippen LogP contribution < -0.4 is 4.90 Å². The van der Waals surface area contributed by atoms with E-state index in [-0.39, 0.29) is 0 Å². The van der Waals surface area contributed by atoms with Crippen molar-refractivity contribution in [3.63, 3.8) is 0 Å². The van der Waals surface area contributed by atoms with Crippen molar-refractivity contribution in [2.24, 2.45) is 7.05 Å². The van der Waals surface area contributed by atoms with E-state index in [1.807, 2.05) is 30.5 Å². The third kappa shape index (κ3) is 4.55. The second kappa shape index (κ2) is 8.87. The number of hydrogen-bond acceptors (Lipinski definition) is 3. The van der Waals surface area contributed by atoms with Gasteiger partial charge in [0.1, 0.15) is 5.82 Å². The van der Waals surface area contributed by atoms with Gasteiger partial charge in [0.2, 0.25) is 0 Å². The summed E-state index contributed by atoms with van der Waals surface area (Å²) in [7, 11) is 1.58. The minimum atomic E-state index is -4.46. The fourth-order valence-corrected chi connectivity index (χ4v) is 4.73. The maximum atomic E-state index is 13.0. The molecule has 0 saturated heterocycles. The molecule has 35 heavy (non-hydrogen) atoms. The van der Waals surface area contributed by atoms with Crippen LogP contribution in [0, 0.1) is 0 Å². The monoisotopic (exact) mass is 476 g/mol. The molecule has 0 N–H and O–H groups in total. The van der Waals surface area contributed by atoms with E-state index in [4.69, 9.17) is 4.98 Å². The number of pyridine rings is 1. The first-order chi connectivity index (χ1) is 16.7. The molecule has 2 aromatic heterocycles. The molecule has 0 aliphatic carbocycles. The van der Waals surface area contributed by atoms with Crippen LogP contribution in [-0.4, -0.2) is 21.1 Å². The zero-order valence-corrected chi connectivity index (χ0v) is 20.0. The lowest BCUT2D eigenvalue weighted by molar-refractivity contribution is -0.140. The normalized spacial score (nSPS) is 13.5. The molecule has 180 valence electrons. The molecule has 0 bridgehead atoms. The largest absolute Gasteiger partial charge is 0.434 e. The molecular formula is C28H27F3N4. The van der Waals surface area contributed by atoms with E-state index in [1.54, 1.807) is 7.05 Å². The number of halogens is 3. The van der Waals surface area contributed by atoms with Gasteiger partial charge in [0.05, 0.1) is 5.69 Å². The predicted molar refractivity (Wildman–Crippen MR) is 132 cm³/mol. The summed E-state index contributed by atoms with van der Waals surface area (Å²) in [4.78, 5) is 10.9. The number of benzene rings is 2. The molecule has 4 nitrogen and oxygen atoms in total. The smallest absolute Gasteiger partial charge is 0.367 e. The predicted octanol–water partition coefficient (Wildman–Crippen LogP) is 6.85. The molecular weight excluding hydrogens is 449 g/mol. The zero-order chi connectivity index (χ0) is 24.7. The van der Waals surface area contributed by atoms with Crippen LogP contribution in [0.25, 0.3) is 22.6 Å². The molecule has 7 heteroatoms. The summed E-state index contributed by atoms with van der Waals surface area (Å²) < 4.78 is 40.5. The fraction of sp³-hybridized carbons (Fsp3) is 0.286. The summed E-state index contributed by atoms with van der Waals surface area (Å²) in [5.74, 6) is 0.705. The quantitative estimate of drug-likeness (QED) is 0.316. The number of nitrogens with zero attached hydrogens (tertiary/aromatic N) is 4. The molecule has 2 aromatic carbocycles. The van der Waals surface area contributed by atoms with Gasteiger partial charge in [0.25, 0.3) is 0 Å². The first kappa shape index (κ1) is 23.1. The van der Waals surface area contributed by atoms with Gasteiger partial charge < -0.3 is 9.47 Å². The van der Waals surface area contributed by atoms with Crippen LogP contribution in [-0.2, 0) is 26.2 Å². The highest BCUT2D eigenvalue weighted by Crippen LogP contribution is 2.35. The van der Waals surface area contributed by atoms with E-state index in [2.05, 4.69) is 54.1 Å². The van der Waals surface area contributed by atoms with E-state index in [0.29, 0.717) is 17.3 Å². The first-order valence-electron chi connectivity index (χ1n) is 11.7. The van der Waals surface area contributed by atoms with E-state index in [9.17, 15) is 13.2 Å². The van der Waals surface area contributed by atoms with Gasteiger partial charge in [-0.25, -0.2) is 4.98 Å². The zero-order valence-electron chi connectivity index (χ0n) is 20.0. The molecule has 1 aliphatic heterocycles. The number of imidazole rings is 1. The average Bonchev–Trinajstić information content (AvgIpc) is 3.43. The van der Waals surface area contributed by atoms with Crippen molar-refractivity contribution in [2.75, 3.05) is 11.4 Å². The van der Waals surface area contributed by atoms with Gasteiger partial charge in [-0.1, -0.05) is 62.4 Å². The van der Waals surface area contributed by atoms with E-state index >= 15 is 0 Å². The minimum absolute atomic E-state index is 0.301. The van der Waals surface area contributed by atoms with Crippen molar-refractivity contribution in [1.82, 2.24) is 14.5 Å². The summed E-state index contributed by atoms with van der Waals surface area (Å²) in [5, 5.41) is 0. The lowest BCUT2D eigenvalue weighted by Crippen LogP contribution is -2.19. The molecule has 1 aliphatic rings. The molecule has 0 atom stereocenters. The van der Waals surface area contributed by atoms with Crippen LogP contribution in [0.4, 0.5) is 18.9 Å². The van der Waals surface area contributed by atoms with E-state index < -0.39 is 11.9 Å². The van der Waals surface area contributed by atoms with Crippen LogP contribution >= 0.6 is 0 Å². The van der Waals surface area contributed by atoms with Gasteiger partial charge >= 0.3 is 6.18 Å². The number of aryl methyl sites for hydroxylation is 1. The Hall–Kier alpha value is -3.61. The minimum Gasteiger partial charge on any atom is -0.367 e. The van der Waals surface area contributed by atoms with Gasteiger partial charge in [-0.05, 0) is 35.1 Å². The Morgan fingerprint density at radius 3 is 2.46 bits per heavy atom. The SMILES string of the molecule is CC(C)c1ccccc1-c1cc2c(cn1)CCN2Cc1ccc(-c2nc(C(F)(F)F)cn2C)cc1. The van der Waals surface area contributed by atoms with Crippen LogP contribution in [0.15, 0.2) is 67.0 Å². The summed E-state index contributed by atoms with van der Waals surface area (Å²) in [6, 6.07) is 18.2. The number of aromatic nitrogens is 3. The third-order valence-corrected chi connectivity index (χ3v) is 6.56. The van der Waals surface area contributed by atoms with Crippen molar-refractivity contribution < 1.29 is 13.2 Å². The van der Waals surface area contributed by atoms with Crippen LogP contribution in [0.5, 0.6) is 0 Å². The molecule has 0 unspecified atom stereocenters. The number of fused-ring (bicyclic) bond motifs is 1. The molecule has 3 heterocycles. The number of anilines is 1. The van der Waals surface area contributed by atoms with Gasteiger partial charge in [-0.2, -0.15) is 13.2 Å². The fourth-order valence-electron chi connectivity index (χ4n) is 4.73. The van der Waals surface area contributed by atoms with E-state index in [0.717, 1.165) is 42.5 Å². The van der Waals surface area contributed by atoms with Crippen LogP contribution in [0.3, 0.4) is 0 Å². The lowest BCUT2D eigenvalue weighted by atomic mass is 9.95. The van der Waals surface area contributed by atoms with Gasteiger partial charge in [0.15, 0.2) is 5.69 Å². The Balaban J connectivity index is 1.38. The number of rotatable bonds is 5. The third-order valence-electron chi connectivity index (χ3n) is 6.56. The van der Waals surface area contributed by atoms with Gasteiger partial charge in [-0.15, -0.1) is 0 Å². The maximum absolute atomic E-state index is 13.0. The Kier molecular flexibility index (Phi) is 5.87. The van der Waals surface area contributed by atoms with Crippen molar-refractivity contribution in [2.45, 2.75) is 38.9 Å². The second-order valence-corrected chi connectivity index (χ2v) is 9.37. The summed E-state index contributed by atoms with van der Waals surface area (Å²) in [5.41, 5.74) is 6.72. The molecule has 0 saturated carbocycles. The molecule has 0 spiro atoms. The van der Waals surface area contributed by atoms with Gasteiger partial charge in [-0.3, -0.25) is 4.98 Å². The molecule has 0 radical (unpaired) electrons. The van der Waals surface area contributed by atoms with E-state index in [1.165, 1.54) is 21.4 Å². The van der Waals surface area contributed by atoms with Crippen molar-refractivity contribution in [3.8, 4) is 22.6 Å².